The van der Waals surface area contributed by atoms with Crippen molar-refractivity contribution in [2.24, 2.45) is 0 Å². The third-order valence-electron chi connectivity index (χ3n) is 5.68. The predicted octanol–water partition coefficient (Wildman–Crippen LogP) is 1.41. The summed E-state index contributed by atoms with van der Waals surface area (Å²) in [7, 11) is 1.71. The molecule has 1 aromatic rings. The van der Waals surface area contributed by atoms with Gasteiger partial charge in [-0.05, 0) is 25.3 Å². The van der Waals surface area contributed by atoms with Gasteiger partial charge in [0, 0.05) is 58.4 Å². The van der Waals surface area contributed by atoms with Gasteiger partial charge in [0.1, 0.15) is 5.82 Å². The van der Waals surface area contributed by atoms with Crippen molar-refractivity contribution in [3.05, 3.63) is 35.6 Å². The number of amides is 2. The van der Waals surface area contributed by atoms with Gasteiger partial charge in [-0.1, -0.05) is 18.2 Å². The molecular weight excluding hydrogens is 359 g/mol. The number of nitrogens with zero attached hydrogens (tertiary/aromatic N) is 4. The molecule has 2 fully saturated rings. The molecule has 28 heavy (non-hydrogen) atoms. The fourth-order valence-electron chi connectivity index (χ4n) is 3.82. The fraction of sp³-hybridized carbons (Fsp3) is 0.619. The molecule has 0 atom stereocenters. The van der Waals surface area contributed by atoms with Crippen molar-refractivity contribution in [2.75, 3.05) is 59.4 Å². The molecule has 2 amide bonds. The van der Waals surface area contributed by atoms with Gasteiger partial charge in [-0.25, -0.2) is 4.39 Å². The van der Waals surface area contributed by atoms with Crippen molar-refractivity contribution in [1.82, 2.24) is 19.6 Å². The van der Waals surface area contributed by atoms with E-state index in [1.54, 1.807) is 30.1 Å². The number of rotatable bonds is 6. The molecule has 6 nitrogen and oxygen atoms in total. The van der Waals surface area contributed by atoms with E-state index >= 15 is 0 Å². The van der Waals surface area contributed by atoms with E-state index < -0.39 is 0 Å². The van der Waals surface area contributed by atoms with Crippen molar-refractivity contribution in [1.29, 1.82) is 0 Å². The molecule has 0 saturated carbocycles. The molecule has 2 aliphatic heterocycles. The molecule has 0 N–H and O–H groups in total. The molecule has 2 heterocycles. The van der Waals surface area contributed by atoms with Crippen LogP contribution in [0.2, 0.25) is 0 Å². The smallest absolute Gasteiger partial charge is 0.236 e. The number of piperidine rings is 1. The van der Waals surface area contributed by atoms with E-state index in [0.29, 0.717) is 18.7 Å². The number of halogens is 1. The van der Waals surface area contributed by atoms with Crippen molar-refractivity contribution in [3.8, 4) is 0 Å². The maximum atomic E-state index is 13.8. The second-order valence-corrected chi connectivity index (χ2v) is 7.83. The molecule has 154 valence electrons. The maximum Gasteiger partial charge on any atom is 0.236 e. The first kappa shape index (κ1) is 20.7. The quantitative estimate of drug-likeness (QED) is 0.737. The number of hydrogen-bond donors (Lipinski definition) is 0. The summed E-state index contributed by atoms with van der Waals surface area (Å²) in [5, 5.41) is 0. The molecule has 2 aliphatic rings. The number of carbonyl (C=O) groups excluding carboxylic acids is 2. The minimum absolute atomic E-state index is 0.0129. The van der Waals surface area contributed by atoms with Gasteiger partial charge in [-0.15, -0.1) is 0 Å². The van der Waals surface area contributed by atoms with Crippen molar-refractivity contribution >= 4 is 11.8 Å². The topological polar surface area (TPSA) is 47.1 Å². The summed E-state index contributed by atoms with van der Waals surface area (Å²) in [5.41, 5.74) is 0.527. The molecule has 0 aromatic heterocycles. The van der Waals surface area contributed by atoms with Crippen LogP contribution in [0.5, 0.6) is 0 Å². The van der Waals surface area contributed by atoms with E-state index in [1.165, 1.54) is 12.5 Å². The van der Waals surface area contributed by atoms with Gasteiger partial charge in [0.15, 0.2) is 0 Å². The molecule has 0 aliphatic carbocycles. The Labute approximate surface area is 166 Å². The van der Waals surface area contributed by atoms with Gasteiger partial charge >= 0.3 is 0 Å². The molecular formula is C21H31FN4O2. The number of hydrogen-bond acceptors (Lipinski definition) is 4. The standard InChI is InChI=1S/C21H31FN4O2/c1-23(15-18-7-3-4-8-19(18)22)20(27)16-24-11-13-25(14-12-24)17-21(28)26-9-5-2-6-10-26/h3-4,7-8H,2,5-6,9-17H2,1H3. The van der Waals surface area contributed by atoms with E-state index in [1.807, 2.05) is 4.90 Å². The normalized spacial score (nSPS) is 18.9. The number of likely N-dealkylation sites (N-methyl/N-ethyl adjacent to an activating group) is 1. The minimum atomic E-state index is -0.283. The molecule has 0 bridgehead atoms. The summed E-state index contributed by atoms with van der Waals surface area (Å²) in [4.78, 5) is 32.7. The first-order valence-electron chi connectivity index (χ1n) is 10.2. The molecule has 3 rings (SSSR count). The Kier molecular flexibility index (Phi) is 7.39. The van der Waals surface area contributed by atoms with Gasteiger partial charge in [0.2, 0.25) is 11.8 Å². The van der Waals surface area contributed by atoms with E-state index in [2.05, 4.69) is 9.80 Å². The Bertz CT molecular complexity index is 670. The van der Waals surface area contributed by atoms with Crippen LogP contribution >= 0.6 is 0 Å². The van der Waals surface area contributed by atoms with Gasteiger partial charge in [0.25, 0.3) is 0 Å². The van der Waals surface area contributed by atoms with Crippen LogP contribution in [0, 0.1) is 5.82 Å². The third kappa shape index (κ3) is 5.75. The predicted molar refractivity (Wildman–Crippen MR) is 106 cm³/mol. The van der Waals surface area contributed by atoms with Crippen molar-refractivity contribution < 1.29 is 14.0 Å². The highest BCUT2D eigenvalue weighted by atomic mass is 19.1. The lowest BCUT2D eigenvalue weighted by molar-refractivity contribution is -0.135. The first-order chi connectivity index (χ1) is 13.5. The average Bonchev–Trinajstić information content (AvgIpc) is 2.71. The number of likely N-dealkylation sites (tertiary alicyclic amines) is 1. The van der Waals surface area contributed by atoms with Crippen LogP contribution in [-0.4, -0.2) is 90.8 Å². The van der Waals surface area contributed by atoms with Crippen LogP contribution < -0.4 is 0 Å². The minimum Gasteiger partial charge on any atom is -0.342 e. The summed E-state index contributed by atoms with van der Waals surface area (Å²) >= 11 is 0. The second-order valence-electron chi connectivity index (χ2n) is 7.83. The molecule has 0 radical (unpaired) electrons. The summed E-state index contributed by atoms with van der Waals surface area (Å²) < 4.78 is 13.8. The highest BCUT2D eigenvalue weighted by molar-refractivity contribution is 5.78. The lowest BCUT2D eigenvalue weighted by Crippen LogP contribution is -2.52. The van der Waals surface area contributed by atoms with Crippen LogP contribution in [-0.2, 0) is 16.1 Å². The summed E-state index contributed by atoms with van der Waals surface area (Å²) in [6.07, 6.45) is 3.45. The Morgan fingerprint density at radius 2 is 1.54 bits per heavy atom. The molecule has 1 aromatic carbocycles. The van der Waals surface area contributed by atoms with Gasteiger partial charge in [0.05, 0.1) is 13.1 Å². The summed E-state index contributed by atoms with van der Waals surface area (Å²) in [6.45, 7) is 6.00. The SMILES string of the molecule is CN(Cc1ccccc1F)C(=O)CN1CCN(CC(=O)N2CCCCC2)CC1. The van der Waals surface area contributed by atoms with Gasteiger partial charge < -0.3 is 9.80 Å². The van der Waals surface area contributed by atoms with Crippen LogP contribution in [0.25, 0.3) is 0 Å². The molecule has 2 saturated heterocycles. The summed E-state index contributed by atoms with van der Waals surface area (Å²) in [5.74, 6) is -0.0657. The Balaban J connectivity index is 1.39. The van der Waals surface area contributed by atoms with Crippen LogP contribution in [0.3, 0.4) is 0 Å². The zero-order valence-electron chi connectivity index (χ0n) is 16.8. The van der Waals surface area contributed by atoms with Crippen LogP contribution in [0.4, 0.5) is 4.39 Å². The van der Waals surface area contributed by atoms with Crippen molar-refractivity contribution in [3.63, 3.8) is 0 Å². The molecule has 7 heteroatoms. The Morgan fingerprint density at radius 1 is 0.929 bits per heavy atom. The van der Waals surface area contributed by atoms with Gasteiger partial charge in [-0.2, -0.15) is 0 Å². The number of carbonyl (C=O) groups is 2. The van der Waals surface area contributed by atoms with E-state index in [0.717, 1.165) is 52.1 Å². The zero-order chi connectivity index (χ0) is 19.9. The van der Waals surface area contributed by atoms with Crippen LogP contribution in [0.1, 0.15) is 24.8 Å². The van der Waals surface area contributed by atoms with E-state index in [4.69, 9.17) is 0 Å². The average molecular weight is 391 g/mol. The Hall–Kier alpha value is -1.99. The third-order valence-corrected chi connectivity index (χ3v) is 5.68. The lowest BCUT2D eigenvalue weighted by atomic mass is 10.1. The number of benzene rings is 1. The fourth-order valence-corrected chi connectivity index (χ4v) is 3.82. The maximum absolute atomic E-state index is 13.8. The lowest BCUT2D eigenvalue weighted by Gasteiger charge is -2.36. The van der Waals surface area contributed by atoms with Gasteiger partial charge in [-0.3, -0.25) is 19.4 Å². The molecule has 0 unspecified atom stereocenters. The highest BCUT2D eigenvalue weighted by Gasteiger charge is 2.24. The van der Waals surface area contributed by atoms with Crippen molar-refractivity contribution in [2.45, 2.75) is 25.8 Å². The first-order valence-corrected chi connectivity index (χ1v) is 10.2. The van der Waals surface area contributed by atoms with E-state index in [9.17, 15) is 14.0 Å². The Morgan fingerprint density at radius 3 is 2.18 bits per heavy atom. The second kappa shape index (κ2) is 9.98. The monoisotopic (exact) mass is 390 g/mol. The number of piperazine rings is 1. The zero-order valence-corrected chi connectivity index (χ0v) is 16.8. The highest BCUT2D eigenvalue weighted by Crippen LogP contribution is 2.11. The molecule has 0 spiro atoms. The van der Waals surface area contributed by atoms with Crippen LogP contribution in [0.15, 0.2) is 24.3 Å². The summed E-state index contributed by atoms with van der Waals surface area (Å²) in [6, 6.07) is 6.55. The largest absolute Gasteiger partial charge is 0.342 e. The van der Waals surface area contributed by atoms with E-state index in [-0.39, 0.29) is 24.2 Å².